The van der Waals surface area contributed by atoms with E-state index in [4.69, 9.17) is 4.74 Å². The van der Waals surface area contributed by atoms with E-state index >= 15 is 0 Å². The van der Waals surface area contributed by atoms with Crippen LogP contribution in [0, 0.1) is 0 Å². The number of nitrogens with zero attached hydrogens (tertiary/aromatic N) is 1. The maximum Gasteiger partial charge on any atom is 0.142 e. The summed E-state index contributed by atoms with van der Waals surface area (Å²) < 4.78 is 5.53. The lowest BCUT2D eigenvalue weighted by Gasteiger charge is -2.23. The molecule has 0 amide bonds. The van der Waals surface area contributed by atoms with Crippen LogP contribution in [-0.4, -0.2) is 20.2 Å². The maximum atomic E-state index is 5.53. The summed E-state index contributed by atoms with van der Waals surface area (Å²) in [4.78, 5) is 2.31. The van der Waals surface area contributed by atoms with Gasteiger partial charge in [0.15, 0.2) is 0 Å². The third-order valence-corrected chi connectivity index (χ3v) is 4.55. The van der Waals surface area contributed by atoms with Gasteiger partial charge in [-0.2, -0.15) is 0 Å². The van der Waals surface area contributed by atoms with Crippen molar-refractivity contribution in [3.63, 3.8) is 0 Å². The summed E-state index contributed by atoms with van der Waals surface area (Å²) in [5.74, 6) is 0.923. The van der Waals surface area contributed by atoms with Crippen LogP contribution in [-0.2, 0) is 0 Å². The molecule has 0 atom stereocenters. The van der Waals surface area contributed by atoms with Crippen LogP contribution in [0.25, 0.3) is 22.9 Å². The van der Waals surface area contributed by atoms with E-state index < -0.39 is 0 Å². The SMILES string of the molecule is CCN(CC)c1cc(/C=C/c2ccc3ccccc3c2)ccc1OC. The van der Waals surface area contributed by atoms with Crippen LogP contribution in [0.5, 0.6) is 5.75 Å². The molecule has 2 nitrogen and oxygen atoms in total. The molecule has 0 heterocycles. The summed E-state index contributed by atoms with van der Waals surface area (Å²) in [6.45, 7) is 6.26. The standard InChI is InChI=1S/C23H25NO/c1-4-24(5-2)22-17-19(13-15-23(22)25-3)11-10-18-12-14-20-8-6-7-9-21(20)16-18/h6-17H,4-5H2,1-3H3/b11-10+. The van der Waals surface area contributed by atoms with E-state index in [1.807, 2.05) is 6.07 Å². The molecule has 0 radical (unpaired) electrons. The minimum Gasteiger partial charge on any atom is -0.495 e. The van der Waals surface area contributed by atoms with Gasteiger partial charge in [-0.3, -0.25) is 0 Å². The number of methoxy groups -OCH3 is 1. The Morgan fingerprint density at radius 3 is 2.12 bits per heavy atom. The highest BCUT2D eigenvalue weighted by atomic mass is 16.5. The average Bonchev–Trinajstić information content (AvgIpc) is 2.67. The van der Waals surface area contributed by atoms with Gasteiger partial charge in [0.25, 0.3) is 0 Å². The first kappa shape index (κ1) is 17.1. The highest BCUT2D eigenvalue weighted by Crippen LogP contribution is 2.30. The zero-order chi connectivity index (χ0) is 17.6. The molecule has 0 saturated carbocycles. The van der Waals surface area contributed by atoms with Crippen LogP contribution in [0.4, 0.5) is 5.69 Å². The second-order valence-electron chi connectivity index (χ2n) is 6.04. The van der Waals surface area contributed by atoms with E-state index in [1.54, 1.807) is 7.11 Å². The molecule has 0 spiro atoms. The molecule has 0 unspecified atom stereocenters. The third kappa shape index (κ3) is 3.85. The Labute approximate surface area is 150 Å². The minimum absolute atomic E-state index is 0.923. The summed E-state index contributed by atoms with van der Waals surface area (Å²) >= 11 is 0. The lowest BCUT2D eigenvalue weighted by Crippen LogP contribution is -2.22. The van der Waals surface area contributed by atoms with Gasteiger partial charge in [0, 0.05) is 13.1 Å². The molecule has 128 valence electrons. The van der Waals surface area contributed by atoms with Crippen molar-refractivity contribution in [2.24, 2.45) is 0 Å². The fourth-order valence-corrected chi connectivity index (χ4v) is 3.13. The zero-order valence-corrected chi connectivity index (χ0v) is 15.2. The molecule has 3 aromatic rings. The van der Waals surface area contributed by atoms with Crippen molar-refractivity contribution in [3.8, 4) is 5.75 Å². The molecule has 2 heteroatoms. The van der Waals surface area contributed by atoms with Gasteiger partial charge in [-0.05, 0) is 53.9 Å². The van der Waals surface area contributed by atoms with Gasteiger partial charge in [-0.25, -0.2) is 0 Å². The fraction of sp³-hybridized carbons (Fsp3) is 0.217. The van der Waals surface area contributed by atoms with Gasteiger partial charge < -0.3 is 9.64 Å². The summed E-state index contributed by atoms with van der Waals surface area (Å²) in [6.07, 6.45) is 4.33. The van der Waals surface area contributed by atoms with Crippen LogP contribution < -0.4 is 9.64 Å². The second-order valence-corrected chi connectivity index (χ2v) is 6.04. The molecule has 0 aromatic heterocycles. The van der Waals surface area contributed by atoms with Gasteiger partial charge in [0.2, 0.25) is 0 Å². The third-order valence-electron chi connectivity index (χ3n) is 4.55. The van der Waals surface area contributed by atoms with E-state index in [0.29, 0.717) is 0 Å². The number of rotatable bonds is 6. The Morgan fingerprint density at radius 2 is 1.44 bits per heavy atom. The molecule has 0 bridgehead atoms. The first-order valence-corrected chi connectivity index (χ1v) is 8.85. The Hall–Kier alpha value is -2.74. The molecule has 25 heavy (non-hydrogen) atoms. The van der Waals surface area contributed by atoms with Crippen molar-refractivity contribution in [2.45, 2.75) is 13.8 Å². The predicted octanol–water partition coefficient (Wildman–Crippen LogP) is 5.87. The van der Waals surface area contributed by atoms with Crippen molar-refractivity contribution in [2.75, 3.05) is 25.1 Å². The molecule has 0 N–H and O–H groups in total. The van der Waals surface area contributed by atoms with E-state index in [0.717, 1.165) is 24.5 Å². The largest absolute Gasteiger partial charge is 0.495 e. The normalized spacial score (nSPS) is 11.2. The van der Waals surface area contributed by atoms with E-state index in [2.05, 4.69) is 85.5 Å². The average molecular weight is 331 g/mol. The maximum absolute atomic E-state index is 5.53. The lowest BCUT2D eigenvalue weighted by molar-refractivity contribution is 0.414. The van der Waals surface area contributed by atoms with Crippen LogP contribution in [0.15, 0.2) is 60.7 Å². The molecule has 0 saturated heterocycles. The fourth-order valence-electron chi connectivity index (χ4n) is 3.13. The first-order valence-electron chi connectivity index (χ1n) is 8.85. The summed E-state index contributed by atoms with van der Waals surface area (Å²) in [7, 11) is 1.73. The van der Waals surface area contributed by atoms with Gasteiger partial charge in [-0.1, -0.05) is 54.6 Å². The van der Waals surface area contributed by atoms with Crippen LogP contribution in [0.1, 0.15) is 25.0 Å². The van der Waals surface area contributed by atoms with Crippen molar-refractivity contribution in [1.29, 1.82) is 0 Å². The Kier molecular flexibility index (Phi) is 5.39. The highest BCUT2D eigenvalue weighted by molar-refractivity contribution is 5.86. The van der Waals surface area contributed by atoms with Gasteiger partial charge in [0.05, 0.1) is 12.8 Å². The summed E-state index contributed by atoms with van der Waals surface area (Å²) in [6, 6.07) is 21.3. The quantitative estimate of drug-likeness (QED) is 0.524. The monoisotopic (exact) mass is 331 g/mol. The predicted molar refractivity (Wildman–Crippen MR) is 109 cm³/mol. The highest BCUT2D eigenvalue weighted by Gasteiger charge is 2.09. The molecule has 3 rings (SSSR count). The second kappa shape index (κ2) is 7.89. The van der Waals surface area contributed by atoms with Crippen molar-refractivity contribution in [3.05, 3.63) is 71.8 Å². The van der Waals surface area contributed by atoms with Crippen LogP contribution in [0.3, 0.4) is 0 Å². The molecule has 3 aromatic carbocycles. The number of hydrogen-bond donors (Lipinski definition) is 0. The van der Waals surface area contributed by atoms with Crippen LogP contribution >= 0.6 is 0 Å². The summed E-state index contributed by atoms with van der Waals surface area (Å²) in [5.41, 5.74) is 3.53. The van der Waals surface area contributed by atoms with Crippen molar-refractivity contribution >= 4 is 28.6 Å². The molecule has 0 aliphatic rings. The number of anilines is 1. The number of ether oxygens (including phenoxy) is 1. The van der Waals surface area contributed by atoms with E-state index in [-0.39, 0.29) is 0 Å². The van der Waals surface area contributed by atoms with E-state index in [1.165, 1.54) is 21.9 Å². The molecule has 0 aliphatic heterocycles. The molecule has 0 aliphatic carbocycles. The van der Waals surface area contributed by atoms with E-state index in [9.17, 15) is 0 Å². The summed E-state index contributed by atoms with van der Waals surface area (Å²) in [5, 5.41) is 2.54. The number of fused-ring (bicyclic) bond motifs is 1. The smallest absolute Gasteiger partial charge is 0.142 e. The van der Waals surface area contributed by atoms with Gasteiger partial charge >= 0.3 is 0 Å². The van der Waals surface area contributed by atoms with Gasteiger partial charge in [0.1, 0.15) is 5.75 Å². The number of hydrogen-bond acceptors (Lipinski definition) is 2. The van der Waals surface area contributed by atoms with Gasteiger partial charge in [-0.15, -0.1) is 0 Å². The molecular formula is C23H25NO. The molecular weight excluding hydrogens is 306 g/mol. The van der Waals surface area contributed by atoms with Crippen molar-refractivity contribution < 1.29 is 4.74 Å². The Balaban J connectivity index is 1.90. The Bertz CT molecular complexity index is 878. The Morgan fingerprint density at radius 1 is 0.800 bits per heavy atom. The minimum atomic E-state index is 0.923. The molecule has 0 fully saturated rings. The lowest BCUT2D eigenvalue weighted by atomic mass is 10.1. The zero-order valence-electron chi connectivity index (χ0n) is 15.2. The first-order chi connectivity index (χ1) is 12.2. The number of benzene rings is 3. The topological polar surface area (TPSA) is 12.5 Å². The van der Waals surface area contributed by atoms with Crippen LogP contribution in [0.2, 0.25) is 0 Å². The van der Waals surface area contributed by atoms with Crippen molar-refractivity contribution in [1.82, 2.24) is 0 Å².